The number of amides is 1. The Bertz CT molecular complexity index is 747. The molecule has 1 aromatic carbocycles. The summed E-state index contributed by atoms with van der Waals surface area (Å²) >= 11 is 0. The van der Waals surface area contributed by atoms with Gasteiger partial charge in [0.2, 0.25) is 0 Å². The molecule has 2 saturated heterocycles. The largest absolute Gasteiger partial charge is 0.486 e. The Morgan fingerprint density at radius 2 is 2.16 bits per heavy atom. The Balaban J connectivity index is 1.38. The van der Waals surface area contributed by atoms with Crippen molar-refractivity contribution in [2.24, 2.45) is 0 Å². The lowest BCUT2D eigenvalue weighted by Crippen LogP contribution is -2.36. The SMILES string of the molecule is Cc1ccc(C(=O)N2CC[C@]3(C[C@H](Oc4cccnc4)CO3)C2)cc1. The van der Waals surface area contributed by atoms with E-state index in [0.29, 0.717) is 13.2 Å². The molecule has 2 atom stereocenters. The van der Waals surface area contributed by atoms with Gasteiger partial charge >= 0.3 is 0 Å². The first-order chi connectivity index (χ1) is 12.1. The minimum atomic E-state index is -0.271. The average Bonchev–Trinajstić information content (AvgIpc) is 3.23. The standard InChI is InChI=1S/C20H22N2O3/c1-15-4-6-16(7-5-15)19(23)22-10-8-20(14-22)11-18(13-24-20)25-17-3-2-9-21-12-17/h2-7,9,12,18H,8,10-11,13-14H2,1H3/t18-,20-/m0/s1. The summed E-state index contributed by atoms with van der Waals surface area (Å²) < 4.78 is 12.0. The number of carbonyl (C=O) groups is 1. The van der Waals surface area contributed by atoms with Crippen LogP contribution in [0.4, 0.5) is 0 Å². The maximum atomic E-state index is 12.7. The zero-order chi connectivity index (χ0) is 17.3. The van der Waals surface area contributed by atoms with Crippen LogP contribution in [0.1, 0.15) is 28.8 Å². The molecule has 2 aliphatic rings. The monoisotopic (exact) mass is 338 g/mol. The van der Waals surface area contributed by atoms with Gasteiger partial charge in [-0.15, -0.1) is 0 Å². The number of rotatable bonds is 3. The highest BCUT2D eigenvalue weighted by atomic mass is 16.6. The second-order valence-electron chi connectivity index (χ2n) is 6.97. The molecule has 0 radical (unpaired) electrons. The highest BCUT2D eigenvalue weighted by Gasteiger charge is 2.47. The van der Waals surface area contributed by atoms with Crippen molar-refractivity contribution in [3.05, 3.63) is 59.9 Å². The van der Waals surface area contributed by atoms with Gasteiger partial charge in [0.15, 0.2) is 0 Å². The maximum Gasteiger partial charge on any atom is 0.253 e. The van der Waals surface area contributed by atoms with Gasteiger partial charge in [0.05, 0.1) is 24.9 Å². The normalized spacial score (nSPS) is 25.5. The highest BCUT2D eigenvalue weighted by Crippen LogP contribution is 2.37. The summed E-state index contributed by atoms with van der Waals surface area (Å²) in [5.41, 5.74) is 1.63. The summed E-state index contributed by atoms with van der Waals surface area (Å²) in [5, 5.41) is 0. The topological polar surface area (TPSA) is 51.7 Å². The Morgan fingerprint density at radius 3 is 2.92 bits per heavy atom. The van der Waals surface area contributed by atoms with Gasteiger partial charge in [0.1, 0.15) is 11.9 Å². The van der Waals surface area contributed by atoms with Crippen molar-refractivity contribution >= 4 is 5.91 Å². The number of benzene rings is 1. The van der Waals surface area contributed by atoms with E-state index in [2.05, 4.69) is 4.98 Å². The number of aromatic nitrogens is 1. The molecule has 2 fully saturated rings. The molecule has 5 nitrogen and oxygen atoms in total. The zero-order valence-electron chi connectivity index (χ0n) is 14.4. The second-order valence-corrected chi connectivity index (χ2v) is 6.97. The molecule has 4 rings (SSSR count). The molecule has 1 amide bonds. The van der Waals surface area contributed by atoms with Gasteiger partial charge in [-0.3, -0.25) is 9.78 Å². The third kappa shape index (κ3) is 3.37. The number of ether oxygens (including phenoxy) is 2. The van der Waals surface area contributed by atoms with E-state index >= 15 is 0 Å². The lowest BCUT2D eigenvalue weighted by atomic mass is 9.98. The van der Waals surface area contributed by atoms with Crippen LogP contribution in [0, 0.1) is 6.92 Å². The van der Waals surface area contributed by atoms with Crippen LogP contribution < -0.4 is 4.74 Å². The number of pyridine rings is 1. The molecule has 1 spiro atoms. The van der Waals surface area contributed by atoms with Gasteiger partial charge in [-0.2, -0.15) is 0 Å². The van der Waals surface area contributed by atoms with Gasteiger partial charge in [-0.05, 0) is 37.6 Å². The summed E-state index contributed by atoms with van der Waals surface area (Å²) in [4.78, 5) is 18.7. The summed E-state index contributed by atoms with van der Waals surface area (Å²) in [6, 6.07) is 11.5. The third-order valence-electron chi connectivity index (χ3n) is 5.01. The lowest BCUT2D eigenvalue weighted by Gasteiger charge is -2.23. The minimum absolute atomic E-state index is 0.0126. The number of aryl methyl sites for hydroxylation is 1. The fourth-order valence-electron chi connectivity index (χ4n) is 3.67. The summed E-state index contributed by atoms with van der Waals surface area (Å²) in [7, 11) is 0. The van der Waals surface area contributed by atoms with Gasteiger partial charge in [0.25, 0.3) is 5.91 Å². The van der Waals surface area contributed by atoms with Crippen molar-refractivity contribution in [2.75, 3.05) is 19.7 Å². The predicted octanol–water partition coefficient (Wildman–Crippen LogP) is 2.84. The van der Waals surface area contributed by atoms with E-state index in [1.54, 1.807) is 12.4 Å². The molecule has 3 heterocycles. The highest BCUT2D eigenvalue weighted by molar-refractivity contribution is 5.94. The molecule has 130 valence electrons. The van der Waals surface area contributed by atoms with Crippen molar-refractivity contribution in [2.45, 2.75) is 31.5 Å². The summed E-state index contributed by atoms with van der Waals surface area (Å²) in [6.45, 7) is 3.94. The average molecular weight is 338 g/mol. The fourth-order valence-corrected chi connectivity index (χ4v) is 3.67. The number of hydrogen-bond donors (Lipinski definition) is 0. The quantitative estimate of drug-likeness (QED) is 0.863. The molecule has 0 bridgehead atoms. The van der Waals surface area contributed by atoms with Gasteiger partial charge < -0.3 is 14.4 Å². The van der Waals surface area contributed by atoms with Crippen LogP contribution in [0.2, 0.25) is 0 Å². The molecule has 0 aliphatic carbocycles. The van der Waals surface area contributed by atoms with Crippen LogP contribution in [-0.2, 0) is 4.74 Å². The van der Waals surface area contributed by atoms with Crippen LogP contribution in [0.5, 0.6) is 5.75 Å². The van der Waals surface area contributed by atoms with Crippen LogP contribution in [-0.4, -0.2) is 47.2 Å². The fraction of sp³-hybridized carbons (Fsp3) is 0.400. The molecular weight excluding hydrogens is 316 g/mol. The maximum absolute atomic E-state index is 12.7. The van der Waals surface area contributed by atoms with Gasteiger partial charge in [0, 0.05) is 24.7 Å². The molecule has 0 N–H and O–H groups in total. The molecule has 0 unspecified atom stereocenters. The molecule has 25 heavy (non-hydrogen) atoms. The number of carbonyl (C=O) groups excluding carboxylic acids is 1. The Morgan fingerprint density at radius 1 is 1.32 bits per heavy atom. The van der Waals surface area contributed by atoms with Crippen LogP contribution in [0.3, 0.4) is 0 Å². The van der Waals surface area contributed by atoms with Crippen LogP contribution >= 0.6 is 0 Å². The molecule has 2 aliphatic heterocycles. The molecule has 0 saturated carbocycles. The van der Waals surface area contributed by atoms with E-state index in [1.165, 1.54) is 0 Å². The van der Waals surface area contributed by atoms with E-state index in [4.69, 9.17) is 9.47 Å². The van der Waals surface area contributed by atoms with E-state index in [9.17, 15) is 4.79 Å². The second kappa shape index (κ2) is 6.48. The predicted molar refractivity (Wildman–Crippen MR) is 93.7 cm³/mol. The Hall–Kier alpha value is -2.40. The zero-order valence-corrected chi connectivity index (χ0v) is 14.4. The number of nitrogens with zero attached hydrogens (tertiary/aromatic N) is 2. The van der Waals surface area contributed by atoms with E-state index < -0.39 is 0 Å². The first-order valence-corrected chi connectivity index (χ1v) is 8.70. The van der Waals surface area contributed by atoms with Gasteiger partial charge in [-0.25, -0.2) is 0 Å². The van der Waals surface area contributed by atoms with Crippen molar-refractivity contribution < 1.29 is 14.3 Å². The third-order valence-corrected chi connectivity index (χ3v) is 5.01. The van der Waals surface area contributed by atoms with Crippen LogP contribution in [0.25, 0.3) is 0 Å². The Labute approximate surface area is 147 Å². The molecule has 5 heteroatoms. The van der Waals surface area contributed by atoms with Gasteiger partial charge in [-0.1, -0.05) is 17.7 Å². The van der Waals surface area contributed by atoms with E-state index in [1.807, 2.05) is 48.2 Å². The summed E-state index contributed by atoms with van der Waals surface area (Å²) in [6.07, 6.45) is 5.12. The summed E-state index contributed by atoms with van der Waals surface area (Å²) in [5.74, 6) is 0.843. The van der Waals surface area contributed by atoms with E-state index in [0.717, 1.165) is 36.3 Å². The van der Waals surface area contributed by atoms with Crippen LogP contribution in [0.15, 0.2) is 48.8 Å². The minimum Gasteiger partial charge on any atom is -0.486 e. The van der Waals surface area contributed by atoms with Crippen molar-refractivity contribution in [1.82, 2.24) is 9.88 Å². The van der Waals surface area contributed by atoms with Crippen molar-refractivity contribution in [1.29, 1.82) is 0 Å². The lowest BCUT2D eigenvalue weighted by molar-refractivity contribution is 0.00995. The Kier molecular flexibility index (Phi) is 4.17. The first-order valence-electron chi connectivity index (χ1n) is 8.70. The van der Waals surface area contributed by atoms with Crippen molar-refractivity contribution in [3.63, 3.8) is 0 Å². The van der Waals surface area contributed by atoms with Crippen molar-refractivity contribution in [3.8, 4) is 5.75 Å². The molecular formula is C20H22N2O3. The first kappa shape index (κ1) is 16.1. The molecule has 2 aromatic rings. The smallest absolute Gasteiger partial charge is 0.253 e. The molecule has 1 aromatic heterocycles. The number of likely N-dealkylation sites (tertiary alicyclic amines) is 1. The number of hydrogen-bond acceptors (Lipinski definition) is 4. The van der Waals surface area contributed by atoms with E-state index in [-0.39, 0.29) is 17.6 Å².